The van der Waals surface area contributed by atoms with Crippen molar-refractivity contribution in [1.82, 2.24) is 0 Å². The summed E-state index contributed by atoms with van der Waals surface area (Å²) >= 11 is 9.46. The Hall–Kier alpha value is -3.08. The van der Waals surface area contributed by atoms with Crippen LogP contribution >= 0.6 is 27.5 Å². The molecule has 0 aliphatic rings. The Kier molecular flexibility index (Phi) is 8.76. The highest BCUT2D eigenvalue weighted by molar-refractivity contribution is 9.10. The number of amides is 1. The number of esters is 1. The molecule has 8 nitrogen and oxygen atoms in total. The highest BCUT2D eigenvalue weighted by Gasteiger charge is 2.27. The largest absolute Gasteiger partial charge is 0.494 e. The van der Waals surface area contributed by atoms with Crippen LogP contribution in [-0.2, 0) is 19.6 Å². The summed E-state index contributed by atoms with van der Waals surface area (Å²) in [5.74, 6) is -0.706. The van der Waals surface area contributed by atoms with Crippen LogP contribution in [0.4, 0.5) is 11.4 Å². The van der Waals surface area contributed by atoms with E-state index in [4.69, 9.17) is 21.1 Å². The third kappa shape index (κ3) is 6.53. The van der Waals surface area contributed by atoms with Crippen LogP contribution in [0.25, 0.3) is 0 Å². The SMILES string of the molecule is CCOc1ccc(N(CC(=O)Nc2cc(C(=O)OC)ccc2Cl)S(=O)(=O)c2ccc(Br)cc2)cc1. The van der Waals surface area contributed by atoms with Crippen molar-refractivity contribution in [3.8, 4) is 5.75 Å². The van der Waals surface area contributed by atoms with Crippen molar-refractivity contribution in [3.63, 3.8) is 0 Å². The average molecular weight is 582 g/mol. The minimum absolute atomic E-state index is 0.00751. The molecule has 184 valence electrons. The number of sulfonamides is 1. The number of carbonyl (C=O) groups excluding carboxylic acids is 2. The van der Waals surface area contributed by atoms with E-state index in [0.717, 1.165) is 4.31 Å². The summed E-state index contributed by atoms with van der Waals surface area (Å²) in [6.07, 6.45) is 0. The highest BCUT2D eigenvalue weighted by atomic mass is 79.9. The summed E-state index contributed by atoms with van der Waals surface area (Å²) in [6.45, 7) is 1.74. The Morgan fingerprint density at radius 1 is 1.03 bits per heavy atom. The predicted octanol–water partition coefficient (Wildman–Crippen LogP) is 5.12. The summed E-state index contributed by atoms with van der Waals surface area (Å²) in [5.41, 5.74) is 0.589. The van der Waals surface area contributed by atoms with Gasteiger partial charge >= 0.3 is 5.97 Å². The van der Waals surface area contributed by atoms with Crippen LogP contribution in [0.15, 0.2) is 76.1 Å². The fourth-order valence-corrected chi connectivity index (χ4v) is 4.96. The predicted molar refractivity (Wildman–Crippen MR) is 138 cm³/mol. The highest BCUT2D eigenvalue weighted by Crippen LogP contribution is 2.28. The molecule has 0 aliphatic heterocycles. The number of hydrogen-bond donors (Lipinski definition) is 1. The van der Waals surface area contributed by atoms with Gasteiger partial charge in [0.15, 0.2) is 0 Å². The molecule has 1 amide bonds. The van der Waals surface area contributed by atoms with Gasteiger partial charge in [0.05, 0.1) is 40.6 Å². The van der Waals surface area contributed by atoms with Gasteiger partial charge < -0.3 is 14.8 Å². The maximum Gasteiger partial charge on any atom is 0.337 e. The molecule has 3 aromatic rings. The van der Waals surface area contributed by atoms with Crippen LogP contribution in [0, 0.1) is 0 Å². The van der Waals surface area contributed by atoms with E-state index >= 15 is 0 Å². The van der Waals surface area contributed by atoms with E-state index in [1.165, 1.54) is 37.4 Å². The first-order valence-corrected chi connectivity index (χ1v) is 13.0. The fourth-order valence-electron chi connectivity index (χ4n) is 3.11. The van der Waals surface area contributed by atoms with E-state index in [9.17, 15) is 18.0 Å². The number of carbonyl (C=O) groups is 2. The second kappa shape index (κ2) is 11.6. The molecule has 0 radical (unpaired) electrons. The first-order chi connectivity index (χ1) is 16.6. The van der Waals surface area contributed by atoms with E-state index in [2.05, 4.69) is 21.2 Å². The minimum atomic E-state index is -4.12. The molecule has 3 rings (SSSR count). The molecule has 11 heteroatoms. The second-order valence-corrected chi connectivity index (χ2v) is 10.3. The molecule has 0 saturated carbocycles. The lowest BCUT2D eigenvalue weighted by molar-refractivity contribution is -0.114. The Morgan fingerprint density at radius 3 is 2.29 bits per heavy atom. The lowest BCUT2D eigenvalue weighted by Gasteiger charge is -2.24. The van der Waals surface area contributed by atoms with Gasteiger partial charge in [0, 0.05) is 4.47 Å². The number of anilines is 2. The number of benzene rings is 3. The molecule has 0 fully saturated rings. The molecule has 0 spiro atoms. The lowest BCUT2D eigenvalue weighted by Crippen LogP contribution is -2.38. The quantitative estimate of drug-likeness (QED) is 0.352. The van der Waals surface area contributed by atoms with Gasteiger partial charge in [0.1, 0.15) is 12.3 Å². The van der Waals surface area contributed by atoms with Gasteiger partial charge in [-0.05, 0) is 73.7 Å². The van der Waals surface area contributed by atoms with Crippen molar-refractivity contribution in [2.75, 3.05) is 29.9 Å². The number of ether oxygens (including phenoxy) is 2. The summed E-state index contributed by atoms with van der Waals surface area (Å²) in [7, 11) is -2.88. The third-order valence-electron chi connectivity index (χ3n) is 4.79. The van der Waals surface area contributed by atoms with Gasteiger partial charge in [0.25, 0.3) is 10.0 Å². The van der Waals surface area contributed by atoms with Gasteiger partial charge in [0.2, 0.25) is 5.91 Å². The molecule has 3 aromatic carbocycles. The van der Waals surface area contributed by atoms with Crippen LogP contribution in [0.3, 0.4) is 0 Å². The van der Waals surface area contributed by atoms with E-state index in [0.29, 0.717) is 16.8 Å². The molecular formula is C24H22BrClN2O6S. The maximum absolute atomic E-state index is 13.5. The van der Waals surface area contributed by atoms with Crippen molar-refractivity contribution in [2.24, 2.45) is 0 Å². The van der Waals surface area contributed by atoms with Crippen LogP contribution in [-0.4, -0.2) is 40.6 Å². The van der Waals surface area contributed by atoms with Crippen molar-refractivity contribution in [2.45, 2.75) is 11.8 Å². The third-order valence-corrected chi connectivity index (χ3v) is 7.43. The maximum atomic E-state index is 13.5. The summed E-state index contributed by atoms with van der Waals surface area (Å²) in [6, 6.07) is 16.7. The van der Waals surface area contributed by atoms with E-state index in [1.54, 1.807) is 36.4 Å². The second-order valence-electron chi connectivity index (χ2n) is 7.13. The van der Waals surface area contributed by atoms with Crippen molar-refractivity contribution in [1.29, 1.82) is 0 Å². The molecule has 0 unspecified atom stereocenters. The van der Waals surface area contributed by atoms with Crippen molar-refractivity contribution in [3.05, 3.63) is 81.8 Å². The van der Waals surface area contributed by atoms with Crippen molar-refractivity contribution < 1.29 is 27.5 Å². The minimum Gasteiger partial charge on any atom is -0.494 e. The zero-order valence-electron chi connectivity index (χ0n) is 18.8. The van der Waals surface area contributed by atoms with Gasteiger partial charge in [-0.25, -0.2) is 13.2 Å². The van der Waals surface area contributed by atoms with Crippen LogP contribution in [0.5, 0.6) is 5.75 Å². The number of halogens is 2. The Bertz CT molecular complexity index is 1310. The molecule has 35 heavy (non-hydrogen) atoms. The molecule has 0 saturated heterocycles. The summed E-state index contributed by atoms with van der Waals surface area (Å²) < 4.78 is 38.8. The zero-order valence-corrected chi connectivity index (χ0v) is 22.0. The standard InChI is InChI=1S/C24H22BrClN2O6S/c1-3-34-19-9-7-18(8-10-19)28(35(31,32)20-11-5-17(25)6-12-20)15-23(29)27-22-14-16(24(30)33-2)4-13-21(22)26/h4-14H,3,15H2,1-2H3,(H,27,29). The first kappa shape index (κ1) is 26.5. The Morgan fingerprint density at radius 2 is 1.69 bits per heavy atom. The van der Waals surface area contributed by atoms with Gasteiger partial charge in [-0.2, -0.15) is 0 Å². The molecule has 0 aliphatic carbocycles. The van der Waals surface area contributed by atoms with Crippen LogP contribution in [0.2, 0.25) is 5.02 Å². The number of rotatable bonds is 9. The molecule has 0 aromatic heterocycles. The number of hydrogen-bond acceptors (Lipinski definition) is 6. The number of nitrogens with zero attached hydrogens (tertiary/aromatic N) is 1. The summed E-state index contributed by atoms with van der Waals surface area (Å²) in [4.78, 5) is 24.8. The van der Waals surface area contributed by atoms with Gasteiger partial charge in [-0.15, -0.1) is 0 Å². The number of nitrogens with one attached hydrogen (secondary N) is 1. The van der Waals surface area contributed by atoms with Gasteiger partial charge in [-0.3, -0.25) is 9.10 Å². The van der Waals surface area contributed by atoms with E-state index < -0.39 is 28.4 Å². The normalized spacial score (nSPS) is 11.0. The number of methoxy groups -OCH3 is 1. The fraction of sp³-hybridized carbons (Fsp3) is 0.167. The topological polar surface area (TPSA) is 102 Å². The zero-order chi connectivity index (χ0) is 25.6. The Labute approximate surface area is 217 Å². The molecular weight excluding hydrogens is 560 g/mol. The smallest absolute Gasteiger partial charge is 0.337 e. The van der Waals surface area contributed by atoms with Crippen LogP contribution < -0.4 is 14.4 Å². The Balaban J connectivity index is 1.94. The van der Waals surface area contributed by atoms with Crippen LogP contribution in [0.1, 0.15) is 17.3 Å². The molecule has 0 heterocycles. The first-order valence-electron chi connectivity index (χ1n) is 10.3. The molecule has 0 bridgehead atoms. The van der Waals surface area contributed by atoms with Gasteiger partial charge in [-0.1, -0.05) is 27.5 Å². The molecule has 0 atom stereocenters. The summed E-state index contributed by atoms with van der Waals surface area (Å²) in [5, 5.41) is 2.75. The lowest BCUT2D eigenvalue weighted by atomic mass is 10.2. The monoisotopic (exact) mass is 580 g/mol. The average Bonchev–Trinajstić information content (AvgIpc) is 2.84. The molecule has 1 N–H and O–H groups in total. The van der Waals surface area contributed by atoms with Crippen molar-refractivity contribution >= 4 is 60.8 Å². The van der Waals surface area contributed by atoms with E-state index in [-0.39, 0.29) is 26.9 Å². The van der Waals surface area contributed by atoms with E-state index in [1.807, 2.05) is 6.92 Å².